The zero-order valence-corrected chi connectivity index (χ0v) is 13.2. The maximum absolute atomic E-state index is 11.7. The Hall–Kier alpha value is -2.95. The van der Waals surface area contributed by atoms with E-state index >= 15 is 0 Å². The molecular formula is C18H17NO4. The molecule has 2 aromatic carbocycles. The molecule has 0 saturated carbocycles. The Morgan fingerprint density at radius 1 is 1.04 bits per heavy atom. The minimum Gasteiger partial charge on any atom is -0.491 e. The fourth-order valence-electron chi connectivity index (χ4n) is 2.60. The van der Waals surface area contributed by atoms with E-state index in [-0.39, 0.29) is 0 Å². The number of rotatable bonds is 3. The molecule has 118 valence electrons. The molecule has 23 heavy (non-hydrogen) atoms. The Balaban J connectivity index is 2.34. The summed E-state index contributed by atoms with van der Waals surface area (Å²) in [5.74, 6) is 0.795. The first kappa shape index (κ1) is 15.0. The number of aromatic nitrogens is 1. The van der Waals surface area contributed by atoms with E-state index in [1.165, 1.54) is 7.11 Å². The van der Waals surface area contributed by atoms with Gasteiger partial charge in [-0.3, -0.25) is 4.57 Å². The van der Waals surface area contributed by atoms with Crippen molar-refractivity contribution >= 4 is 17.1 Å². The lowest BCUT2D eigenvalue weighted by molar-refractivity contribution is 0.117. The number of carbonyl (C=O) groups is 1. The van der Waals surface area contributed by atoms with Crippen LogP contribution < -0.4 is 9.47 Å². The van der Waals surface area contributed by atoms with E-state index in [0.29, 0.717) is 11.6 Å². The third-order valence-corrected chi connectivity index (χ3v) is 3.60. The summed E-state index contributed by atoms with van der Waals surface area (Å²) in [6, 6.07) is 15.6. The molecule has 0 radical (unpaired) electrons. The Bertz CT molecular complexity index is 852. The molecule has 0 atom stereocenters. The zero-order valence-electron chi connectivity index (χ0n) is 13.2. The summed E-state index contributed by atoms with van der Waals surface area (Å²) in [6.45, 7) is 2.00. The molecule has 1 heterocycles. The van der Waals surface area contributed by atoms with Crippen molar-refractivity contribution in [2.45, 2.75) is 6.92 Å². The molecule has 0 amide bonds. The second-order valence-corrected chi connectivity index (χ2v) is 5.09. The van der Waals surface area contributed by atoms with E-state index < -0.39 is 6.16 Å². The van der Waals surface area contributed by atoms with Crippen LogP contribution in [0.2, 0.25) is 0 Å². The van der Waals surface area contributed by atoms with Gasteiger partial charge in [0.25, 0.3) is 5.88 Å². The van der Waals surface area contributed by atoms with E-state index in [1.54, 1.807) is 7.11 Å². The van der Waals surface area contributed by atoms with Crippen LogP contribution in [0.1, 0.15) is 5.56 Å². The van der Waals surface area contributed by atoms with Crippen LogP contribution in [0.25, 0.3) is 16.6 Å². The van der Waals surface area contributed by atoms with Crippen molar-refractivity contribution in [3.63, 3.8) is 0 Å². The van der Waals surface area contributed by atoms with Gasteiger partial charge in [0.1, 0.15) is 0 Å². The maximum atomic E-state index is 11.7. The lowest BCUT2D eigenvalue weighted by Gasteiger charge is -2.10. The highest BCUT2D eigenvalue weighted by atomic mass is 16.7. The molecular weight excluding hydrogens is 294 g/mol. The molecule has 3 rings (SSSR count). The lowest BCUT2D eigenvalue weighted by Crippen LogP contribution is -2.11. The normalized spacial score (nSPS) is 10.6. The minimum atomic E-state index is -0.792. The lowest BCUT2D eigenvalue weighted by atomic mass is 10.2. The highest BCUT2D eigenvalue weighted by molar-refractivity contribution is 5.93. The highest BCUT2D eigenvalue weighted by Crippen LogP contribution is 2.41. The smallest absolute Gasteiger partial charge is 0.491 e. The van der Waals surface area contributed by atoms with Gasteiger partial charge < -0.3 is 14.2 Å². The molecule has 0 aliphatic carbocycles. The first-order valence-electron chi connectivity index (χ1n) is 7.16. The first-order valence-corrected chi connectivity index (χ1v) is 7.16. The number of hydrogen-bond acceptors (Lipinski definition) is 4. The topological polar surface area (TPSA) is 49.7 Å². The summed E-state index contributed by atoms with van der Waals surface area (Å²) in [5.41, 5.74) is 2.84. The average molecular weight is 311 g/mol. The molecule has 0 saturated heterocycles. The Morgan fingerprint density at radius 3 is 2.43 bits per heavy atom. The molecule has 0 bridgehead atoms. The monoisotopic (exact) mass is 311 g/mol. The van der Waals surface area contributed by atoms with Crippen LogP contribution in [-0.2, 0) is 4.74 Å². The number of benzene rings is 2. The Kier molecular flexibility index (Phi) is 3.93. The van der Waals surface area contributed by atoms with Crippen LogP contribution in [0.15, 0.2) is 48.5 Å². The first-order chi connectivity index (χ1) is 11.2. The van der Waals surface area contributed by atoms with Crippen LogP contribution in [-0.4, -0.2) is 24.9 Å². The van der Waals surface area contributed by atoms with Gasteiger partial charge >= 0.3 is 6.16 Å². The van der Waals surface area contributed by atoms with E-state index in [4.69, 9.17) is 9.47 Å². The van der Waals surface area contributed by atoms with Crippen LogP contribution in [0, 0.1) is 6.92 Å². The van der Waals surface area contributed by atoms with Crippen molar-refractivity contribution in [2.24, 2.45) is 0 Å². The fraction of sp³-hybridized carbons (Fsp3) is 0.167. The van der Waals surface area contributed by atoms with Gasteiger partial charge in [0.2, 0.25) is 0 Å². The minimum absolute atomic E-state index is 0.297. The molecule has 5 heteroatoms. The number of para-hydroxylation sites is 1. The molecule has 0 N–H and O–H groups in total. The number of carbonyl (C=O) groups excluding carboxylic acids is 1. The quantitative estimate of drug-likeness (QED) is 0.684. The zero-order chi connectivity index (χ0) is 16.4. The predicted molar refractivity (Wildman–Crippen MR) is 87.6 cm³/mol. The Labute approximate surface area is 134 Å². The van der Waals surface area contributed by atoms with Gasteiger partial charge in [-0.2, -0.15) is 0 Å². The highest BCUT2D eigenvalue weighted by Gasteiger charge is 2.23. The molecule has 0 aliphatic heterocycles. The fourth-order valence-corrected chi connectivity index (χ4v) is 2.60. The number of aryl methyl sites for hydroxylation is 1. The number of hydrogen-bond donors (Lipinski definition) is 0. The molecule has 0 fully saturated rings. The van der Waals surface area contributed by atoms with E-state index in [1.807, 2.05) is 60.0 Å². The molecule has 0 aliphatic rings. The van der Waals surface area contributed by atoms with Gasteiger partial charge in [0.05, 0.1) is 19.7 Å². The second kappa shape index (κ2) is 6.04. The average Bonchev–Trinajstić information content (AvgIpc) is 2.87. The number of nitrogens with zero attached hydrogens (tertiary/aromatic N) is 1. The van der Waals surface area contributed by atoms with Crippen molar-refractivity contribution in [1.29, 1.82) is 0 Å². The van der Waals surface area contributed by atoms with E-state index in [9.17, 15) is 4.79 Å². The third kappa shape index (κ3) is 2.61. The Morgan fingerprint density at radius 2 is 1.78 bits per heavy atom. The third-order valence-electron chi connectivity index (χ3n) is 3.60. The van der Waals surface area contributed by atoms with Gasteiger partial charge in [0, 0.05) is 11.1 Å². The second-order valence-electron chi connectivity index (χ2n) is 5.09. The van der Waals surface area contributed by atoms with E-state index in [2.05, 4.69) is 4.74 Å². The number of methoxy groups -OCH3 is 2. The molecule has 0 spiro atoms. The van der Waals surface area contributed by atoms with E-state index in [0.717, 1.165) is 22.2 Å². The molecule has 0 unspecified atom stereocenters. The van der Waals surface area contributed by atoms with Crippen LogP contribution in [0.4, 0.5) is 4.79 Å². The summed E-state index contributed by atoms with van der Waals surface area (Å²) < 4.78 is 17.4. The number of ether oxygens (including phenoxy) is 3. The maximum Gasteiger partial charge on any atom is 0.514 e. The van der Waals surface area contributed by atoms with Crippen LogP contribution >= 0.6 is 0 Å². The van der Waals surface area contributed by atoms with Crippen LogP contribution in [0.5, 0.6) is 11.6 Å². The van der Waals surface area contributed by atoms with Crippen molar-refractivity contribution in [3.05, 3.63) is 54.1 Å². The molecule has 3 aromatic rings. The largest absolute Gasteiger partial charge is 0.514 e. The van der Waals surface area contributed by atoms with Gasteiger partial charge in [-0.05, 0) is 31.2 Å². The SMILES string of the molecule is COC(=O)Oc1c(OC)c2cc(C)ccc2n1-c1ccccc1. The van der Waals surface area contributed by atoms with Gasteiger partial charge in [-0.1, -0.05) is 29.8 Å². The van der Waals surface area contributed by atoms with Crippen LogP contribution in [0.3, 0.4) is 0 Å². The summed E-state index contributed by atoms with van der Waals surface area (Å²) in [6.07, 6.45) is -0.792. The predicted octanol–water partition coefficient (Wildman–Crippen LogP) is 4.09. The van der Waals surface area contributed by atoms with Crippen molar-refractivity contribution in [1.82, 2.24) is 4.57 Å². The van der Waals surface area contributed by atoms with Crippen molar-refractivity contribution in [2.75, 3.05) is 14.2 Å². The van der Waals surface area contributed by atoms with Gasteiger partial charge in [-0.15, -0.1) is 0 Å². The molecule has 1 aromatic heterocycles. The van der Waals surface area contributed by atoms with Gasteiger partial charge in [-0.25, -0.2) is 4.79 Å². The summed E-state index contributed by atoms with van der Waals surface area (Å²) >= 11 is 0. The number of fused-ring (bicyclic) bond motifs is 1. The molecule has 5 nitrogen and oxygen atoms in total. The summed E-state index contributed by atoms with van der Waals surface area (Å²) in [5, 5.41) is 0.871. The summed E-state index contributed by atoms with van der Waals surface area (Å²) in [7, 11) is 2.82. The van der Waals surface area contributed by atoms with Crippen molar-refractivity contribution in [3.8, 4) is 17.3 Å². The summed E-state index contributed by atoms with van der Waals surface area (Å²) in [4.78, 5) is 11.7. The standard InChI is InChI=1S/C18H17NO4/c1-12-9-10-15-14(11-12)16(21-2)17(23-18(20)22-3)19(15)13-7-5-4-6-8-13/h4-11H,1-3H3. The van der Waals surface area contributed by atoms with Gasteiger partial charge in [0.15, 0.2) is 5.75 Å². The van der Waals surface area contributed by atoms with Crippen molar-refractivity contribution < 1.29 is 19.0 Å².